The molecule has 0 spiro atoms. The van der Waals surface area contributed by atoms with Gasteiger partial charge in [0.05, 0.1) is 12.5 Å². The average Bonchev–Trinajstić information content (AvgIpc) is 2.04. The zero-order valence-corrected chi connectivity index (χ0v) is 7.45. The molecule has 0 heterocycles. The monoisotopic (exact) mass is 172 g/mol. The van der Waals surface area contributed by atoms with Crippen LogP contribution >= 0.6 is 0 Å². The van der Waals surface area contributed by atoms with Crippen molar-refractivity contribution in [2.45, 2.75) is 38.2 Å². The summed E-state index contributed by atoms with van der Waals surface area (Å²) in [4.78, 5) is 10.5. The van der Waals surface area contributed by atoms with Crippen molar-refractivity contribution in [3.05, 3.63) is 0 Å². The van der Waals surface area contributed by atoms with Crippen molar-refractivity contribution in [3.63, 3.8) is 0 Å². The molecule has 0 saturated heterocycles. The van der Waals surface area contributed by atoms with E-state index < -0.39 is 5.97 Å². The zero-order valence-electron chi connectivity index (χ0n) is 7.45. The third-order valence-corrected chi connectivity index (χ3v) is 2.58. The molecule has 0 aromatic rings. The van der Waals surface area contributed by atoms with E-state index >= 15 is 0 Å². The number of ether oxygens (including phenoxy) is 1. The van der Waals surface area contributed by atoms with Gasteiger partial charge in [-0.15, -0.1) is 0 Å². The van der Waals surface area contributed by atoms with Gasteiger partial charge in [0.1, 0.15) is 0 Å². The van der Waals surface area contributed by atoms with Gasteiger partial charge >= 0.3 is 5.97 Å². The van der Waals surface area contributed by atoms with Crippen LogP contribution in [0.3, 0.4) is 0 Å². The standard InChI is InChI=1S/C9H16O3/c1-12-8-5-3-2-4-7(8)6-9(10)11/h7-8H,2-6H2,1H3,(H,10,11). The average molecular weight is 172 g/mol. The maximum atomic E-state index is 10.5. The molecule has 2 unspecified atom stereocenters. The van der Waals surface area contributed by atoms with E-state index in [1.807, 2.05) is 0 Å². The molecule has 12 heavy (non-hydrogen) atoms. The van der Waals surface area contributed by atoms with Crippen LogP contribution in [0.2, 0.25) is 0 Å². The fourth-order valence-electron chi connectivity index (χ4n) is 1.94. The van der Waals surface area contributed by atoms with Crippen molar-refractivity contribution in [1.82, 2.24) is 0 Å². The lowest BCUT2D eigenvalue weighted by Crippen LogP contribution is -2.28. The van der Waals surface area contributed by atoms with E-state index in [0.29, 0.717) is 0 Å². The Hall–Kier alpha value is -0.570. The first-order valence-electron chi connectivity index (χ1n) is 4.48. The first-order chi connectivity index (χ1) is 5.74. The van der Waals surface area contributed by atoms with E-state index in [1.54, 1.807) is 7.11 Å². The van der Waals surface area contributed by atoms with Crippen molar-refractivity contribution in [1.29, 1.82) is 0 Å². The van der Waals surface area contributed by atoms with Crippen LogP contribution in [-0.2, 0) is 9.53 Å². The lowest BCUT2D eigenvalue weighted by atomic mass is 9.84. The summed E-state index contributed by atoms with van der Waals surface area (Å²) in [6.45, 7) is 0. The summed E-state index contributed by atoms with van der Waals surface area (Å²) in [5.74, 6) is -0.467. The molecule has 0 amide bonds. The quantitative estimate of drug-likeness (QED) is 0.704. The van der Waals surface area contributed by atoms with Gasteiger partial charge in [-0.2, -0.15) is 0 Å². The normalized spacial score (nSPS) is 30.1. The highest BCUT2D eigenvalue weighted by Gasteiger charge is 2.26. The predicted octanol–water partition coefficient (Wildman–Crippen LogP) is 1.67. The Balaban J connectivity index is 2.41. The number of rotatable bonds is 3. The van der Waals surface area contributed by atoms with Gasteiger partial charge in [-0.3, -0.25) is 4.79 Å². The number of aliphatic carboxylic acids is 1. The first-order valence-corrected chi connectivity index (χ1v) is 4.48. The highest BCUT2D eigenvalue weighted by molar-refractivity contribution is 5.67. The SMILES string of the molecule is COC1CCCCC1CC(=O)O. The Kier molecular flexibility index (Phi) is 3.53. The topological polar surface area (TPSA) is 46.5 Å². The molecule has 1 aliphatic carbocycles. The second kappa shape index (κ2) is 4.45. The molecule has 2 atom stereocenters. The van der Waals surface area contributed by atoms with Gasteiger partial charge in [-0.1, -0.05) is 12.8 Å². The minimum absolute atomic E-state index is 0.176. The summed E-state index contributed by atoms with van der Waals surface area (Å²) in [6.07, 6.45) is 4.79. The largest absolute Gasteiger partial charge is 0.481 e. The van der Waals surface area contributed by atoms with Crippen LogP contribution < -0.4 is 0 Å². The predicted molar refractivity (Wildman–Crippen MR) is 45.0 cm³/mol. The highest BCUT2D eigenvalue weighted by Crippen LogP contribution is 2.28. The van der Waals surface area contributed by atoms with Gasteiger partial charge in [-0.05, 0) is 18.8 Å². The number of hydrogen-bond acceptors (Lipinski definition) is 2. The molecule has 1 aliphatic rings. The summed E-state index contributed by atoms with van der Waals surface area (Å²) in [7, 11) is 1.67. The molecule has 0 radical (unpaired) electrons. The lowest BCUT2D eigenvalue weighted by molar-refractivity contribution is -0.139. The third-order valence-electron chi connectivity index (χ3n) is 2.58. The third kappa shape index (κ3) is 2.48. The summed E-state index contributed by atoms with van der Waals surface area (Å²) >= 11 is 0. The number of hydrogen-bond donors (Lipinski definition) is 1. The molecule has 3 nitrogen and oxygen atoms in total. The van der Waals surface area contributed by atoms with Crippen LogP contribution in [0.5, 0.6) is 0 Å². The minimum Gasteiger partial charge on any atom is -0.481 e. The molecule has 1 fully saturated rings. The summed E-state index contributed by atoms with van der Waals surface area (Å²) in [6, 6.07) is 0. The van der Waals surface area contributed by atoms with Crippen molar-refractivity contribution in [2.75, 3.05) is 7.11 Å². The van der Waals surface area contributed by atoms with Gasteiger partial charge < -0.3 is 9.84 Å². The Labute approximate surface area is 72.7 Å². The molecule has 0 aromatic carbocycles. The van der Waals surface area contributed by atoms with Crippen LogP contribution in [0.25, 0.3) is 0 Å². The molecule has 0 bridgehead atoms. The van der Waals surface area contributed by atoms with E-state index in [4.69, 9.17) is 9.84 Å². The van der Waals surface area contributed by atoms with Gasteiger partial charge in [0.15, 0.2) is 0 Å². The van der Waals surface area contributed by atoms with Crippen LogP contribution in [0, 0.1) is 5.92 Å². The summed E-state index contributed by atoms with van der Waals surface area (Å²) in [5, 5.41) is 8.62. The van der Waals surface area contributed by atoms with Crippen LogP contribution in [0.4, 0.5) is 0 Å². The molecule has 70 valence electrons. The Morgan fingerprint density at radius 1 is 1.50 bits per heavy atom. The van der Waals surface area contributed by atoms with E-state index in [9.17, 15) is 4.79 Å². The molecule has 0 aromatic heterocycles. The van der Waals surface area contributed by atoms with E-state index in [2.05, 4.69) is 0 Å². The highest BCUT2D eigenvalue weighted by atomic mass is 16.5. The molecular formula is C9H16O3. The maximum absolute atomic E-state index is 10.5. The van der Waals surface area contributed by atoms with E-state index in [-0.39, 0.29) is 18.4 Å². The number of carboxylic acids is 1. The molecule has 3 heteroatoms. The van der Waals surface area contributed by atoms with Gasteiger partial charge in [0.25, 0.3) is 0 Å². The Bertz CT molecular complexity index is 156. The number of carbonyl (C=O) groups is 1. The molecule has 0 aliphatic heterocycles. The minimum atomic E-state index is -0.705. The lowest BCUT2D eigenvalue weighted by Gasteiger charge is -2.29. The molecule has 1 N–H and O–H groups in total. The van der Waals surface area contributed by atoms with E-state index in [1.165, 1.54) is 6.42 Å². The summed E-state index contributed by atoms with van der Waals surface area (Å²) in [5.41, 5.74) is 0. The van der Waals surface area contributed by atoms with Gasteiger partial charge in [0, 0.05) is 7.11 Å². The fraction of sp³-hybridized carbons (Fsp3) is 0.889. The van der Waals surface area contributed by atoms with Gasteiger partial charge in [-0.25, -0.2) is 0 Å². The zero-order chi connectivity index (χ0) is 8.97. The van der Waals surface area contributed by atoms with Crippen LogP contribution in [0.15, 0.2) is 0 Å². The second-order valence-corrected chi connectivity index (χ2v) is 3.42. The number of carboxylic acid groups (broad SMARTS) is 1. The van der Waals surface area contributed by atoms with Crippen molar-refractivity contribution >= 4 is 5.97 Å². The fourth-order valence-corrected chi connectivity index (χ4v) is 1.94. The molecular weight excluding hydrogens is 156 g/mol. The second-order valence-electron chi connectivity index (χ2n) is 3.42. The van der Waals surface area contributed by atoms with Crippen molar-refractivity contribution < 1.29 is 14.6 Å². The van der Waals surface area contributed by atoms with E-state index in [0.717, 1.165) is 19.3 Å². The van der Waals surface area contributed by atoms with Gasteiger partial charge in [0.2, 0.25) is 0 Å². The van der Waals surface area contributed by atoms with Crippen LogP contribution in [-0.4, -0.2) is 24.3 Å². The van der Waals surface area contributed by atoms with Crippen molar-refractivity contribution in [3.8, 4) is 0 Å². The first kappa shape index (κ1) is 9.52. The summed E-state index contributed by atoms with van der Waals surface area (Å²) < 4.78 is 5.24. The Morgan fingerprint density at radius 3 is 2.75 bits per heavy atom. The van der Waals surface area contributed by atoms with Crippen LogP contribution in [0.1, 0.15) is 32.1 Å². The maximum Gasteiger partial charge on any atom is 0.303 e. The smallest absolute Gasteiger partial charge is 0.303 e. The van der Waals surface area contributed by atoms with Crippen molar-refractivity contribution in [2.24, 2.45) is 5.92 Å². The molecule has 1 rings (SSSR count). The number of methoxy groups -OCH3 is 1. The Morgan fingerprint density at radius 2 is 2.17 bits per heavy atom. The molecule has 1 saturated carbocycles.